The molecule has 2 bridgehead atoms. The first-order valence-corrected chi connectivity index (χ1v) is 3.88. The van der Waals surface area contributed by atoms with E-state index in [4.69, 9.17) is 21.6 Å². The van der Waals surface area contributed by atoms with E-state index in [1.54, 1.807) is 0 Å². The minimum atomic E-state index is -0.692. The van der Waals surface area contributed by atoms with Crippen molar-refractivity contribution >= 4 is 11.6 Å². The van der Waals surface area contributed by atoms with E-state index in [2.05, 4.69) is 6.07 Å². The molecule has 0 amide bonds. The van der Waals surface area contributed by atoms with Crippen molar-refractivity contribution in [2.45, 2.75) is 36.3 Å². The molecule has 2 aliphatic heterocycles. The number of fused-ring (bicyclic) bond motifs is 2. The summed E-state index contributed by atoms with van der Waals surface area (Å²) < 4.78 is 5.42. The topological polar surface area (TPSA) is 33.0 Å². The zero-order chi connectivity index (χ0) is 7.19. The molecule has 0 spiro atoms. The highest BCUT2D eigenvalue weighted by Crippen LogP contribution is 2.45. The second-order valence-electron chi connectivity index (χ2n) is 3.00. The predicted octanol–water partition coefficient (Wildman–Crippen LogP) is 1.44. The van der Waals surface area contributed by atoms with Crippen LogP contribution in [0.4, 0.5) is 0 Å². The number of alkyl halides is 1. The lowest BCUT2D eigenvalue weighted by Gasteiger charge is -2.19. The van der Waals surface area contributed by atoms with Gasteiger partial charge in [-0.1, -0.05) is 11.6 Å². The van der Waals surface area contributed by atoms with Crippen LogP contribution in [0.2, 0.25) is 0 Å². The van der Waals surface area contributed by atoms with Crippen LogP contribution in [0.15, 0.2) is 0 Å². The third-order valence-electron chi connectivity index (χ3n) is 2.33. The van der Waals surface area contributed by atoms with Crippen molar-refractivity contribution in [3.63, 3.8) is 0 Å². The molecule has 0 aliphatic carbocycles. The Labute approximate surface area is 64.7 Å². The van der Waals surface area contributed by atoms with Crippen LogP contribution < -0.4 is 0 Å². The lowest BCUT2D eigenvalue weighted by molar-refractivity contribution is 0.101. The summed E-state index contributed by atoms with van der Waals surface area (Å²) in [6, 6.07) is 2.11. The molecule has 2 heterocycles. The summed E-state index contributed by atoms with van der Waals surface area (Å²) in [5, 5.41) is 8.69. The molecule has 2 aliphatic rings. The average molecular weight is 158 g/mol. The quantitative estimate of drug-likeness (QED) is 0.499. The Hall–Kier alpha value is -0.260. The Morgan fingerprint density at radius 1 is 1.60 bits per heavy atom. The summed E-state index contributed by atoms with van der Waals surface area (Å²) >= 11 is 5.97. The number of hydrogen-bond donors (Lipinski definition) is 0. The van der Waals surface area contributed by atoms with E-state index >= 15 is 0 Å². The van der Waals surface area contributed by atoms with Gasteiger partial charge >= 0.3 is 0 Å². The lowest BCUT2D eigenvalue weighted by Crippen LogP contribution is -2.31. The SMILES string of the molecule is N#C[C@@]1(Cl)C[C@H]2CC[C@H]1O2. The molecule has 10 heavy (non-hydrogen) atoms. The van der Waals surface area contributed by atoms with Crippen molar-refractivity contribution in [3.8, 4) is 6.07 Å². The third kappa shape index (κ3) is 0.680. The lowest BCUT2D eigenvalue weighted by atomic mass is 9.90. The molecular formula is C7H8ClNO. The molecule has 2 saturated heterocycles. The van der Waals surface area contributed by atoms with E-state index in [9.17, 15) is 0 Å². The molecule has 0 unspecified atom stereocenters. The highest BCUT2D eigenvalue weighted by Gasteiger charge is 2.51. The molecule has 3 heteroatoms. The highest BCUT2D eigenvalue weighted by atomic mass is 35.5. The van der Waals surface area contributed by atoms with Gasteiger partial charge in [-0.25, -0.2) is 0 Å². The molecule has 2 rings (SSSR count). The van der Waals surface area contributed by atoms with E-state index in [1.807, 2.05) is 0 Å². The largest absolute Gasteiger partial charge is 0.372 e. The first-order valence-electron chi connectivity index (χ1n) is 3.50. The molecule has 0 saturated carbocycles. The van der Waals surface area contributed by atoms with E-state index < -0.39 is 4.87 Å². The molecular weight excluding hydrogens is 150 g/mol. The maximum atomic E-state index is 8.69. The molecule has 0 N–H and O–H groups in total. The minimum Gasteiger partial charge on any atom is -0.372 e. The summed E-state index contributed by atoms with van der Waals surface area (Å²) in [5.74, 6) is 0. The Bertz CT molecular complexity index is 200. The zero-order valence-electron chi connectivity index (χ0n) is 5.51. The number of nitriles is 1. The van der Waals surface area contributed by atoms with Crippen LogP contribution in [0.5, 0.6) is 0 Å². The van der Waals surface area contributed by atoms with Gasteiger partial charge in [0.1, 0.15) is 0 Å². The maximum Gasteiger partial charge on any atom is 0.159 e. The van der Waals surface area contributed by atoms with Gasteiger partial charge in [-0.15, -0.1) is 0 Å². The first kappa shape index (κ1) is 6.45. The van der Waals surface area contributed by atoms with Crippen molar-refractivity contribution in [1.82, 2.24) is 0 Å². The molecule has 0 aromatic rings. The van der Waals surface area contributed by atoms with Crippen LogP contribution in [0.25, 0.3) is 0 Å². The number of hydrogen-bond acceptors (Lipinski definition) is 2. The normalized spacial score (nSPS) is 51.2. The van der Waals surface area contributed by atoms with Gasteiger partial charge in [0.05, 0.1) is 18.3 Å². The standard InChI is InChI=1S/C7H8ClNO/c8-7(4-9)3-5-1-2-6(7)10-5/h5-6H,1-3H2/t5-,6-,7+/m1/s1. The second-order valence-corrected chi connectivity index (χ2v) is 3.68. The summed E-state index contributed by atoms with van der Waals surface area (Å²) in [6.45, 7) is 0. The Morgan fingerprint density at radius 3 is 2.70 bits per heavy atom. The van der Waals surface area contributed by atoms with Gasteiger partial charge in [-0.2, -0.15) is 5.26 Å². The van der Waals surface area contributed by atoms with Crippen LogP contribution in [-0.2, 0) is 4.74 Å². The van der Waals surface area contributed by atoms with E-state index in [0.29, 0.717) is 0 Å². The fourth-order valence-corrected chi connectivity index (χ4v) is 2.11. The van der Waals surface area contributed by atoms with E-state index in [-0.39, 0.29) is 12.2 Å². The van der Waals surface area contributed by atoms with Crippen molar-refractivity contribution in [1.29, 1.82) is 5.26 Å². The van der Waals surface area contributed by atoms with Crippen LogP contribution in [0.1, 0.15) is 19.3 Å². The van der Waals surface area contributed by atoms with Gasteiger partial charge in [0.25, 0.3) is 0 Å². The second kappa shape index (κ2) is 1.87. The summed E-state index contributed by atoms with van der Waals surface area (Å²) in [5.41, 5.74) is 0. The number of nitrogens with zero attached hydrogens (tertiary/aromatic N) is 1. The Balaban J connectivity index is 2.24. The van der Waals surface area contributed by atoms with Crippen LogP contribution in [-0.4, -0.2) is 17.1 Å². The maximum absolute atomic E-state index is 8.69. The predicted molar refractivity (Wildman–Crippen MR) is 36.7 cm³/mol. The van der Waals surface area contributed by atoms with Crippen molar-refractivity contribution < 1.29 is 4.74 Å². The van der Waals surface area contributed by atoms with Gasteiger partial charge in [-0.05, 0) is 12.8 Å². The van der Waals surface area contributed by atoms with Crippen molar-refractivity contribution in [2.75, 3.05) is 0 Å². The van der Waals surface area contributed by atoms with E-state index in [1.165, 1.54) is 0 Å². The van der Waals surface area contributed by atoms with E-state index in [0.717, 1.165) is 19.3 Å². The molecule has 0 aromatic carbocycles. The van der Waals surface area contributed by atoms with Gasteiger partial charge in [-0.3, -0.25) is 0 Å². The van der Waals surface area contributed by atoms with Crippen molar-refractivity contribution in [2.24, 2.45) is 0 Å². The van der Waals surface area contributed by atoms with Gasteiger partial charge in [0, 0.05) is 6.42 Å². The smallest absolute Gasteiger partial charge is 0.159 e. The summed E-state index contributed by atoms with van der Waals surface area (Å²) in [4.78, 5) is -0.692. The third-order valence-corrected chi connectivity index (χ3v) is 2.81. The fraction of sp³-hybridized carbons (Fsp3) is 0.857. The summed E-state index contributed by atoms with van der Waals surface area (Å²) in [7, 11) is 0. The molecule has 3 atom stereocenters. The number of rotatable bonds is 0. The zero-order valence-corrected chi connectivity index (χ0v) is 6.27. The molecule has 2 nitrogen and oxygen atoms in total. The molecule has 0 aromatic heterocycles. The summed E-state index contributed by atoms with van der Waals surface area (Å²) in [6.07, 6.45) is 3.03. The van der Waals surface area contributed by atoms with Gasteiger partial charge < -0.3 is 4.74 Å². The van der Waals surface area contributed by atoms with Crippen molar-refractivity contribution in [3.05, 3.63) is 0 Å². The first-order chi connectivity index (χ1) is 4.74. The average Bonchev–Trinajstić information content (AvgIpc) is 2.46. The minimum absolute atomic E-state index is 0.00386. The number of ether oxygens (including phenoxy) is 1. The highest BCUT2D eigenvalue weighted by molar-refractivity contribution is 6.26. The van der Waals surface area contributed by atoms with Crippen LogP contribution >= 0.6 is 11.6 Å². The van der Waals surface area contributed by atoms with Crippen LogP contribution in [0.3, 0.4) is 0 Å². The molecule has 2 fully saturated rings. The van der Waals surface area contributed by atoms with Crippen LogP contribution in [0, 0.1) is 11.3 Å². The Morgan fingerprint density at radius 2 is 2.40 bits per heavy atom. The van der Waals surface area contributed by atoms with Gasteiger partial charge in [0.15, 0.2) is 4.87 Å². The monoisotopic (exact) mass is 157 g/mol. The Kier molecular flexibility index (Phi) is 1.21. The molecule has 54 valence electrons. The molecule has 0 radical (unpaired) electrons. The van der Waals surface area contributed by atoms with Gasteiger partial charge in [0.2, 0.25) is 0 Å². The number of halogens is 1. The fourth-order valence-electron chi connectivity index (χ4n) is 1.77.